The first kappa shape index (κ1) is 12.7. The fourth-order valence-corrected chi connectivity index (χ4v) is 3.47. The van der Waals surface area contributed by atoms with Crippen molar-refractivity contribution in [3.05, 3.63) is 38.8 Å². The van der Waals surface area contributed by atoms with Crippen molar-refractivity contribution in [1.29, 1.82) is 0 Å². The van der Waals surface area contributed by atoms with Crippen molar-refractivity contribution in [2.75, 3.05) is 0 Å². The van der Waals surface area contributed by atoms with Gasteiger partial charge in [-0.25, -0.2) is 0 Å². The Balaban J connectivity index is 1.79. The molecule has 2 aromatic rings. The van der Waals surface area contributed by atoms with Gasteiger partial charge in [0.05, 0.1) is 21.5 Å². The van der Waals surface area contributed by atoms with Gasteiger partial charge in [-0.1, -0.05) is 11.6 Å². The van der Waals surface area contributed by atoms with Crippen LogP contribution in [-0.2, 0) is 13.5 Å². The second-order valence-corrected chi connectivity index (χ2v) is 6.41. The van der Waals surface area contributed by atoms with Crippen LogP contribution in [0.5, 0.6) is 0 Å². The molecule has 1 unspecified atom stereocenters. The van der Waals surface area contributed by atoms with Gasteiger partial charge in [-0.05, 0) is 31.4 Å². The molecule has 0 aliphatic heterocycles. The molecule has 1 aliphatic carbocycles. The molecule has 1 N–H and O–H groups in total. The number of hydrogen-bond donors (Lipinski definition) is 1. The monoisotopic (exact) mass is 295 g/mol. The predicted octanol–water partition coefficient (Wildman–Crippen LogP) is 2.94. The molecule has 0 radical (unpaired) electrons. The number of carbonyl (C=O) groups is 1. The molecule has 2 heterocycles. The molecule has 1 atom stereocenters. The number of rotatable bonds is 2. The second kappa shape index (κ2) is 4.98. The SMILES string of the molecule is Cn1ncc2c1CCCC2NC(=O)c1ccc(Cl)s1. The summed E-state index contributed by atoms with van der Waals surface area (Å²) < 4.78 is 2.53. The van der Waals surface area contributed by atoms with Crippen LogP contribution in [0.4, 0.5) is 0 Å². The van der Waals surface area contributed by atoms with Gasteiger partial charge in [0.2, 0.25) is 0 Å². The van der Waals surface area contributed by atoms with Crippen LogP contribution >= 0.6 is 22.9 Å². The highest BCUT2D eigenvalue weighted by atomic mass is 35.5. The lowest BCUT2D eigenvalue weighted by Crippen LogP contribution is -2.30. The normalized spacial score (nSPS) is 18.1. The second-order valence-electron chi connectivity index (χ2n) is 4.69. The zero-order chi connectivity index (χ0) is 13.4. The van der Waals surface area contributed by atoms with Crippen LogP contribution in [0.1, 0.15) is 39.8 Å². The van der Waals surface area contributed by atoms with Crippen LogP contribution in [0.15, 0.2) is 18.3 Å². The smallest absolute Gasteiger partial charge is 0.261 e. The van der Waals surface area contributed by atoms with Crippen LogP contribution in [0.25, 0.3) is 0 Å². The Morgan fingerprint density at radius 3 is 3.16 bits per heavy atom. The number of hydrogen-bond acceptors (Lipinski definition) is 3. The van der Waals surface area contributed by atoms with Crippen LogP contribution in [-0.4, -0.2) is 15.7 Å². The number of aromatic nitrogens is 2. The minimum Gasteiger partial charge on any atom is -0.344 e. The Bertz CT molecular complexity index is 619. The molecule has 0 saturated carbocycles. The lowest BCUT2D eigenvalue weighted by Gasteiger charge is -2.23. The molecule has 4 nitrogen and oxygen atoms in total. The molecular weight excluding hydrogens is 282 g/mol. The van der Waals surface area contributed by atoms with Gasteiger partial charge in [0, 0.05) is 18.3 Å². The number of amides is 1. The summed E-state index contributed by atoms with van der Waals surface area (Å²) in [6.07, 6.45) is 4.93. The fraction of sp³-hybridized carbons (Fsp3) is 0.385. The molecule has 1 amide bonds. The van der Waals surface area contributed by atoms with E-state index in [-0.39, 0.29) is 11.9 Å². The van der Waals surface area contributed by atoms with Crippen LogP contribution in [0.3, 0.4) is 0 Å². The molecular formula is C13H14ClN3OS. The third-order valence-electron chi connectivity index (χ3n) is 3.48. The summed E-state index contributed by atoms with van der Waals surface area (Å²) in [4.78, 5) is 12.8. The Labute approximate surface area is 120 Å². The molecule has 6 heteroatoms. The summed E-state index contributed by atoms with van der Waals surface area (Å²) in [5, 5.41) is 7.36. The maximum atomic E-state index is 12.2. The summed E-state index contributed by atoms with van der Waals surface area (Å²) in [6, 6.07) is 3.57. The van der Waals surface area contributed by atoms with Crippen molar-refractivity contribution in [3.63, 3.8) is 0 Å². The summed E-state index contributed by atoms with van der Waals surface area (Å²) in [5.41, 5.74) is 2.37. The van der Waals surface area contributed by atoms with Gasteiger partial charge < -0.3 is 5.32 Å². The third kappa shape index (κ3) is 2.40. The molecule has 19 heavy (non-hydrogen) atoms. The zero-order valence-corrected chi connectivity index (χ0v) is 12.1. The minimum absolute atomic E-state index is 0.0568. The lowest BCUT2D eigenvalue weighted by atomic mass is 9.93. The van der Waals surface area contributed by atoms with E-state index >= 15 is 0 Å². The first-order valence-corrected chi connectivity index (χ1v) is 7.41. The molecule has 0 spiro atoms. The summed E-state index contributed by atoms with van der Waals surface area (Å²) in [5.74, 6) is -0.0568. The standard InChI is InChI=1S/C13H14ClN3OS/c1-17-10-4-2-3-9(8(10)7-15-17)16-13(18)11-5-6-12(14)19-11/h5-7,9H,2-4H2,1H3,(H,16,18). The fourth-order valence-electron chi connectivity index (χ4n) is 2.52. The largest absolute Gasteiger partial charge is 0.344 e. The van der Waals surface area contributed by atoms with Crippen molar-refractivity contribution < 1.29 is 4.79 Å². The average Bonchev–Trinajstić information content (AvgIpc) is 2.98. The van der Waals surface area contributed by atoms with Crippen LogP contribution in [0.2, 0.25) is 4.34 Å². The first-order chi connectivity index (χ1) is 9.15. The molecule has 3 rings (SSSR count). The van der Waals surface area contributed by atoms with E-state index in [1.54, 1.807) is 12.1 Å². The topological polar surface area (TPSA) is 46.9 Å². The predicted molar refractivity (Wildman–Crippen MR) is 75.7 cm³/mol. The highest BCUT2D eigenvalue weighted by molar-refractivity contribution is 7.17. The molecule has 0 bridgehead atoms. The third-order valence-corrected chi connectivity index (χ3v) is 4.71. The number of aryl methyl sites for hydroxylation is 1. The van der Waals surface area contributed by atoms with Gasteiger partial charge >= 0.3 is 0 Å². The van der Waals surface area contributed by atoms with E-state index in [1.807, 2.05) is 17.9 Å². The van der Waals surface area contributed by atoms with Crippen molar-refractivity contribution in [1.82, 2.24) is 15.1 Å². The van der Waals surface area contributed by atoms with E-state index in [0.717, 1.165) is 24.8 Å². The number of nitrogens with zero attached hydrogens (tertiary/aromatic N) is 2. The molecule has 2 aromatic heterocycles. The molecule has 0 aromatic carbocycles. The molecule has 1 aliphatic rings. The van der Waals surface area contributed by atoms with Gasteiger partial charge in [-0.3, -0.25) is 9.48 Å². The van der Waals surface area contributed by atoms with Crippen LogP contribution in [0, 0.1) is 0 Å². The van der Waals surface area contributed by atoms with Crippen molar-refractivity contribution in [2.45, 2.75) is 25.3 Å². The minimum atomic E-state index is -0.0568. The first-order valence-electron chi connectivity index (χ1n) is 6.22. The Morgan fingerprint density at radius 2 is 2.42 bits per heavy atom. The van der Waals surface area contributed by atoms with Gasteiger partial charge in [0.25, 0.3) is 5.91 Å². The quantitative estimate of drug-likeness (QED) is 0.926. The summed E-state index contributed by atoms with van der Waals surface area (Å²) in [7, 11) is 1.95. The molecule has 0 saturated heterocycles. The number of carbonyl (C=O) groups excluding carboxylic acids is 1. The number of nitrogens with one attached hydrogen (secondary N) is 1. The van der Waals surface area contributed by atoms with E-state index in [4.69, 9.17) is 11.6 Å². The summed E-state index contributed by atoms with van der Waals surface area (Å²) >= 11 is 7.16. The average molecular weight is 296 g/mol. The van der Waals surface area contributed by atoms with Gasteiger partial charge in [-0.2, -0.15) is 5.10 Å². The maximum absolute atomic E-state index is 12.2. The number of fused-ring (bicyclic) bond motifs is 1. The Morgan fingerprint density at radius 1 is 1.58 bits per heavy atom. The van der Waals surface area contributed by atoms with E-state index in [9.17, 15) is 4.79 Å². The highest BCUT2D eigenvalue weighted by Gasteiger charge is 2.25. The van der Waals surface area contributed by atoms with E-state index in [0.29, 0.717) is 9.21 Å². The zero-order valence-electron chi connectivity index (χ0n) is 10.5. The highest BCUT2D eigenvalue weighted by Crippen LogP contribution is 2.30. The van der Waals surface area contributed by atoms with Gasteiger partial charge in [-0.15, -0.1) is 11.3 Å². The Kier molecular flexibility index (Phi) is 3.33. The molecule has 0 fully saturated rings. The van der Waals surface area contributed by atoms with E-state index in [1.165, 1.54) is 17.0 Å². The van der Waals surface area contributed by atoms with Crippen molar-refractivity contribution in [2.24, 2.45) is 7.05 Å². The molecule has 100 valence electrons. The number of halogens is 1. The van der Waals surface area contributed by atoms with Crippen molar-refractivity contribution in [3.8, 4) is 0 Å². The van der Waals surface area contributed by atoms with E-state index in [2.05, 4.69) is 10.4 Å². The van der Waals surface area contributed by atoms with Gasteiger partial charge in [0.1, 0.15) is 0 Å². The van der Waals surface area contributed by atoms with E-state index < -0.39 is 0 Å². The lowest BCUT2D eigenvalue weighted by molar-refractivity contribution is 0.0937. The van der Waals surface area contributed by atoms with Crippen molar-refractivity contribution >= 4 is 28.8 Å². The van der Waals surface area contributed by atoms with Gasteiger partial charge in [0.15, 0.2) is 0 Å². The number of thiophene rings is 1. The summed E-state index contributed by atoms with van der Waals surface area (Å²) in [6.45, 7) is 0. The van der Waals surface area contributed by atoms with Crippen LogP contribution < -0.4 is 5.32 Å². The maximum Gasteiger partial charge on any atom is 0.261 e. The Hall–Kier alpha value is -1.33.